The minimum absolute atomic E-state index is 0.000616. The number of carbonyl (C=O) groups is 2. The highest BCUT2D eigenvalue weighted by molar-refractivity contribution is 6.33. The molecule has 1 amide bonds. The minimum Gasteiger partial charge on any atom is -0.458 e. The van der Waals surface area contributed by atoms with Crippen LogP contribution >= 0.6 is 11.6 Å². The lowest BCUT2D eigenvalue weighted by atomic mass is 10.0. The van der Waals surface area contributed by atoms with Crippen molar-refractivity contribution >= 4 is 29.2 Å². The number of ether oxygens (including phenoxy) is 1. The molecule has 4 rings (SSSR count). The third-order valence-corrected chi connectivity index (χ3v) is 6.22. The molecule has 28 heavy (non-hydrogen) atoms. The molecule has 2 aromatic carbocycles. The Hall–Kier alpha value is -2.84. The Balaban J connectivity index is 1.56. The first-order valence-electron chi connectivity index (χ1n) is 9.28. The molecule has 142 valence electrons. The molecule has 3 atom stereocenters. The number of halogens is 1. The highest BCUT2D eigenvalue weighted by Gasteiger charge is 2.50. The van der Waals surface area contributed by atoms with Crippen LogP contribution < -0.4 is 4.90 Å². The highest BCUT2D eigenvalue weighted by atomic mass is 35.5. The first kappa shape index (κ1) is 18.5. The quantitative estimate of drug-likeness (QED) is 0.729. The van der Waals surface area contributed by atoms with Crippen molar-refractivity contribution in [2.45, 2.75) is 38.3 Å². The third-order valence-electron chi connectivity index (χ3n) is 5.74. The van der Waals surface area contributed by atoms with E-state index >= 15 is 0 Å². The molecular formula is C22H19ClN2O3. The van der Waals surface area contributed by atoms with Crippen molar-refractivity contribution < 1.29 is 14.3 Å². The molecule has 1 heterocycles. The van der Waals surface area contributed by atoms with Gasteiger partial charge in [0.15, 0.2) is 0 Å². The van der Waals surface area contributed by atoms with E-state index in [-0.39, 0.29) is 29.9 Å². The predicted octanol–water partition coefficient (Wildman–Crippen LogP) is 4.26. The maximum absolute atomic E-state index is 12.8. The second kappa shape index (κ2) is 7.29. The second-order valence-corrected chi connectivity index (χ2v) is 7.65. The summed E-state index contributed by atoms with van der Waals surface area (Å²) in [5, 5.41) is 9.53. The topological polar surface area (TPSA) is 70.4 Å². The largest absolute Gasteiger partial charge is 0.458 e. The van der Waals surface area contributed by atoms with Crippen molar-refractivity contribution in [1.29, 1.82) is 5.26 Å². The van der Waals surface area contributed by atoms with Gasteiger partial charge in [-0.25, -0.2) is 4.79 Å². The summed E-state index contributed by atoms with van der Waals surface area (Å²) in [4.78, 5) is 27.0. The van der Waals surface area contributed by atoms with E-state index in [0.29, 0.717) is 22.6 Å². The monoisotopic (exact) mass is 394 g/mol. The SMILES string of the molecule is Cc1c(N2C(=O)C[C@H]3[C@@H](OC(=O)c4ccccc4)CC[C@H]32)ccc(C#N)c1Cl. The fourth-order valence-corrected chi connectivity index (χ4v) is 4.55. The van der Waals surface area contributed by atoms with Gasteiger partial charge >= 0.3 is 5.97 Å². The Bertz CT molecular complexity index is 983. The first-order chi connectivity index (χ1) is 13.5. The Morgan fingerprint density at radius 3 is 2.68 bits per heavy atom. The van der Waals surface area contributed by atoms with Gasteiger partial charge in [-0.05, 0) is 49.6 Å². The number of hydrogen-bond donors (Lipinski definition) is 0. The predicted molar refractivity (Wildman–Crippen MR) is 105 cm³/mol. The lowest BCUT2D eigenvalue weighted by Gasteiger charge is -2.26. The van der Waals surface area contributed by atoms with E-state index in [9.17, 15) is 9.59 Å². The van der Waals surface area contributed by atoms with Crippen LogP contribution in [0.1, 0.15) is 40.7 Å². The summed E-state index contributed by atoms with van der Waals surface area (Å²) in [5.41, 5.74) is 2.37. The molecule has 1 aliphatic carbocycles. The number of nitriles is 1. The number of benzene rings is 2. The molecule has 0 N–H and O–H groups in total. The number of amides is 1. The lowest BCUT2D eigenvalue weighted by Crippen LogP contribution is -2.34. The summed E-state index contributed by atoms with van der Waals surface area (Å²) in [5.74, 6) is -0.386. The molecule has 2 aromatic rings. The van der Waals surface area contributed by atoms with E-state index < -0.39 is 0 Å². The lowest BCUT2D eigenvalue weighted by molar-refractivity contribution is -0.117. The van der Waals surface area contributed by atoms with Crippen LogP contribution in [0.15, 0.2) is 42.5 Å². The van der Waals surface area contributed by atoms with Crippen LogP contribution in [0.25, 0.3) is 0 Å². The van der Waals surface area contributed by atoms with Crippen molar-refractivity contribution in [3.8, 4) is 6.07 Å². The van der Waals surface area contributed by atoms with Crippen LogP contribution in [-0.4, -0.2) is 24.0 Å². The summed E-state index contributed by atoms with van der Waals surface area (Å²) in [7, 11) is 0. The Kier molecular flexibility index (Phi) is 4.82. The molecule has 2 aliphatic rings. The summed E-state index contributed by atoms with van der Waals surface area (Å²) < 4.78 is 5.75. The van der Waals surface area contributed by atoms with Crippen LogP contribution in [-0.2, 0) is 9.53 Å². The van der Waals surface area contributed by atoms with Crippen LogP contribution in [0, 0.1) is 24.2 Å². The van der Waals surface area contributed by atoms with E-state index in [1.165, 1.54) is 0 Å². The van der Waals surface area contributed by atoms with E-state index in [1.54, 1.807) is 41.3 Å². The zero-order valence-corrected chi connectivity index (χ0v) is 16.1. The number of fused-ring (bicyclic) bond motifs is 1. The molecule has 0 unspecified atom stereocenters. The maximum Gasteiger partial charge on any atom is 0.338 e. The molecule has 2 fully saturated rings. The van der Waals surface area contributed by atoms with Gasteiger partial charge in [0.2, 0.25) is 5.91 Å². The summed E-state index contributed by atoms with van der Waals surface area (Å²) in [6.45, 7) is 1.82. The molecule has 5 nitrogen and oxygen atoms in total. The fourth-order valence-electron chi connectivity index (χ4n) is 4.35. The maximum atomic E-state index is 12.8. The average Bonchev–Trinajstić information content (AvgIpc) is 3.23. The molecule has 0 aromatic heterocycles. The third kappa shape index (κ3) is 3.04. The molecule has 0 radical (unpaired) electrons. The van der Waals surface area contributed by atoms with Gasteiger partial charge in [0.1, 0.15) is 12.2 Å². The molecular weight excluding hydrogens is 376 g/mol. The van der Waals surface area contributed by atoms with Gasteiger partial charge in [-0.3, -0.25) is 4.79 Å². The van der Waals surface area contributed by atoms with Crippen LogP contribution in [0.3, 0.4) is 0 Å². The minimum atomic E-state index is -0.352. The number of esters is 1. The van der Waals surface area contributed by atoms with Crippen LogP contribution in [0.5, 0.6) is 0 Å². The van der Waals surface area contributed by atoms with Gasteiger partial charge in [0, 0.05) is 24.1 Å². The van der Waals surface area contributed by atoms with Crippen LogP contribution in [0.4, 0.5) is 5.69 Å². The zero-order valence-electron chi connectivity index (χ0n) is 15.4. The van der Waals surface area contributed by atoms with Gasteiger partial charge in [-0.2, -0.15) is 5.26 Å². The van der Waals surface area contributed by atoms with Crippen molar-refractivity contribution in [2.24, 2.45) is 5.92 Å². The first-order valence-corrected chi connectivity index (χ1v) is 9.66. The van der Waals surface area contributed by atoms with Gasteiger partial charge in [0.05, 0.1) is 16.1 Å². The summed E-state index contributed by atoms with van der Waals surface area (Å²) in [6.07, 6.45) is 1.55. The Labute approximate surface area is 168 Å². The van der Waals surface area contributed by atoms with Gasteiger partial charge in [-0.1, -0.05) is 29.8 Å². The standard InChI is InChI=1S/C22H19ClN2O3/c1-13-17(8-7-15(12-24)21(13)23)25-18-9-10-19(16(18)11-20(25)26)28-22(27)14-5-3-2-4-6-14/h2-8,16,18-19H,9-11H2,1H3/t16-,18-,19+/m1/s1. The summed E-state index contributed by atoms with van der Waals surface area (Å²) in [6, 6.07) is 14.4. The normalized spacial score (nSPS) is 23.4. The molecule has 1 saturated carbocycles. The second-order valence-electron chi connectivity index (χ2n) is 7.27. The molecule has 1 saturated heterocycles. The number of carbonyl (C=O) groups excluding carboxylic acids is 2. The number of nitrogens with zero attached hydrogens (tertiary/aromatic N) is 2. The van der Waals surface area contributed by atoms with E-state index in [0.717, 1.165) is 24.1 Å². The number of hydrogen-bond acceptors (Lipinski definition) is 4. The number of rotatable bonds is 3. The molecule has 1 aliphatic heterocycles. The van der Waals surface area contributed by atoms with E-state index in [1.807, 2.05) is 13.0 Å². The Morgan fingerprint density at radius 1 is 1.21 bits per heavy atom. The smallest absolute Gasteiger partial charge is 0.338 e. The van der Waals surface area contributed by atoms with E-state index in [2.05, 4.69) is 6.07 Å². The highest BCUT2D eigenvalue weighted by Crippen LogP contribution is 2.44. The van der Waals surface area contributed by atoms with Crippen molar-refractivity contribution in [2.75, 3.05) is 4.90 Å². The molecule has 0 bridgehead atoms. The van der Waals surface area contributed by atoms with Gasteiger partial charge in [-0.15, -0.1) is 0 Å². The Morgan fingerprint density at radius 2 is 1.96 bits per heavy atom. The zero-order chi connectivity index (χ0) is 19.8. The fraction of sp³-hybridized carbons (Fsp3) is 0.318. The molecule has 0 spiro atoms. The van der Waals surface area contributed by atoms with Gasteiger partial charge < -0.3 is 9.64 Å². The number of anilines is 1. The molecule has 6 heteroatoms. The average molecular weight is 395 g/mol. The van der Waals surface area contributed by atoms with Crippen LogP contribution in [0.2, 0.25) is 5.02 Å². The van der Waals surface area contributed by atoms with E-state index in [4.69, 9.17) is 21.6 Å². The summed E-state index contributed by atoms with van der Waals surface area (Å²) >= 11 is 6.30. The van der Waals surface area contributed by atoms with Crippen molar-refractivity contribution in [3.05, 3.63) is 64.2 Å². The van der Waals surface area contributed by atoms with Gasteiger partial charge in [0.25, 0.3) is 0 Å². The van der Waals surface area contributed by atoms with Crippen molar-refractivity contribution in [1.82, 2.24) is 0 Å². The van der Waals surface area contributed by atoms with Crippen molar-refractivity contribution in [3.63, 3.8) is 0 Å².